The van der Waals surface area contributed by atoms with Crippen LogP contribution in [-0.4, -0.2) is 4.70 Å². The Hall–Kier alpha value is -1.99. The Labute approximate surface area is 232 Å². The first-order valence-electron chi connectivity index (χ1n) is 13.7. The molecule has 1 heterocycles. The number of aryl methyl sites for hydroxylation is 2. The van der Waals surface area contributed by atoms with E-state index >= 15 is 0 Å². The molecule has 2 aromatic carbocycles. The molecule has 0 atom stereocenters. The number of allylic oxidation sites excluding steroid dienone is 2. The number of benzene rings is 2. The van der Waals surface area contributed by atoms with Gasteiger partial charge in [0.1, 0.15) is 0 Å². The van der Waals surface area contributed by atoms with Gasteiger partial charge in [-0.2, -0.15) is 13.8 Å². The summed E-state index contributed by atoms with van der Waals surface area (Å²) in [5.74, 6) is 0. The molecule has 0 aliphatic carbocycles. The summed E-state index contributed by atoms with van der Waals surface area (Å²) < 4.78 is 1.44. The largest absolute Gasteiger partial charge is 2.00 e. The molecule has 0 saturated carbocycles. The zero-order valence-corrected chi connectivity index (χ0v) is 24.4. The molecule has 0 radical (unpaired) electrons. The average molecular weight is 531 g/mol. The first-order chi connectivity index (χ1) is 17.2. The average Bonchev–Trinajstić information content (AvgIpc) is 3.25. The van der Waals surface area contributed by atoms with Crippen LogP contribution >= 0.6 is 0 Å². The van der Waals surface area contributed by atoms with Crippen molar-refractivity contribution < 1.29 is 21.2 Å². The quantitative estimate of drug-likeness (QED) is 0.113. The molecule has 0 fully saturated rings. The van der Waals surface area contributed by atoms with Crippen molar-refractivity contribution in [3.63, 3.8) is 0 Å². The third kappa shape index (κ3) is 10.2. The topological polar surface area (TPSA) is 25.3 Å². The Morgan fingerprint density at radius 1 is 0.667 bits per heavy atom. The minimum Gasteiger partial charge on any atom is -0.493 e. The van der Waals surface area contributed by atoms with Gasteiger partial charge in [0.15, 0.2) is 0 Å². The van der Waals surface area contributed by atoms with Crippen LogP contribution in [0.15, 0.2) is 60.2 Å². The maximum absolute atomic E-state index is 11.3. The monoisotopic (exact) mass is 530 g/mol. The van der Waals surface area contributed by atoms with Crippen molar-refractivity contribution in [2.45, 2.75) is 98.8 Å². The van der Waals surface area contributed by atoms with Crippen molar-refractivity contribution in [2.24, 2.45) is 0 Å². The molecule has 2 nitrogen and oxygen atoms in total. The molecular formula is C33H48N2Ni. The maximum Gasteiger partial charge on any atom is 2.00 e. The Bertz CT molecular complexity index is 956. The second-order valence-electron chi connectivity index (χ2n) is 8.78. The van der Waals surface area contributed by atoms with Crippen LogP contribution < -0.4 is 0 Å². The van der Waals surface area contributed by atoms with Gasteiger partial charge in [-0.1, -0.05) is 70.7 Å². The predicted molar refractivity (Wildman–Crippen MR) is 155 cm³/mol. The van der Waals surface area contributed by atoms with E-state index in [9.17, 15) is 5.53 Å². The summed E-state index contributed by atoms with van der Waals surface area (Å²) >= 11 is 0. The zero-order chi connectivity index (χ0) is 26.1. The number of hydrogen-bond acceptors (Lipinski definition) is 0. The van der Waals surface area contributed by atoms with E-state index < -0.39 is 0 Å². The molecule has 0 unspecified atom stereocenters. The van der Waals surface area contributed by atoms with E-state index in [2.05, 4.69) is 89.2 Å². The molecule has 36 heavy (non-hydrogen) atoms. The summed E-state index contributed by atoms with van der Waals surface area (Å²) in [6, 6.07) is 17.4. The van der Waals surface area contributed by atoms with E-state index in [0.29, 0.717) is 0 Å². The molecule has 2 aromatic rings. The Kier molecular flexibility index (Phi) is 19.0. The van der Waals surface area contributed by atoms with Crippen LogP contribution in [0.5, 0.6) is 0 Å². The number of nitrogens with zero attached hydrogens (tertiary/aromatic N) is 2. The Balaban J connectivity index is 0.00000233. The molecule has 3 rings (SSSR count). The van der Waals surface area contributed by atoms with Crippen LogP contribution in [-0.2, 0) is 29.3 Å². The van der Waals surface area contributed by atoms with Gasteiger partial charge in [-0.3, -0.25) is 0 Å². The van der Waals surface area contributed by atoms with E-state index in [1.807, 2.05) is 0 Å². The maximum atomic E-state index is 11.3. The summed E-state index contributed by atoms with van der Waals surface area (Å²) in [7, 11) is 0. The summed E-state index contributed by atoms with van der Waals surface area (Å²) in [4.78, 5) is 0. The van der Waals surface area contributed by atoms with Gasteiger partial charge < -0.3 is 19.4 Å². The van der Waals surface area contributed by atoms with Gasteiger partial charge in [0.25, 0.3) is 0 Å². The van der Waals surface area contributed by atoms with Crippen molar-refractivity contribution in [1.29, 1.82) is 0 Å². The number of unbranched alkanes of at least 4 members (excludes halogenated alkanes) is 4. The summed E-state index contributed by atoms with van der Waals surface area (Å²) in [5.41, 5.74) is 19.3. The number of rotatable bonds is 12. The molecule has 0 saturated heterocycles. The van der Waals surface area contributed by atoms with Gasteiger partial charge in [-0.05, 0) is 73.9 Å². The van der Waals surface area contributed by atoms with Crippen LogP contribution in [0.25, 0.3) is 16.9 Å². The van der Waals surface area contributed by atoms with Gasteiger partial charge >= 0.3 is 16.5 Å². The molecule has 200 valence electrons. The van der Waals surface area contributed by atoms with E-state index in [1.54, 1.807) is 13.8 Å². The van der Waals surface area contributed by atoms with Crippen molar-refractivity contribution in [3.8, 4) is 0 Å². The second kappa shape index (κ2) is 20.1. The SMILES string of the molecule is CCCCCc1cccc(C2=CC(CCCC)=C(c3cccc(CCCC)c3)[N+]2=[N-])c1.[CH2-]C.[CH2-]C.[Ni+2]. The predicted octanol–water partition coefficient (Wildman–Crippen LogP) is 10.4. The normalized spacial score (nSPS) is 12.2. The Morgan fingerprint density at radius 3 is 1.75 bits per heavy atom. The van der Waals surface area contributed by atoms with Crippen LogP contribution in [0.2, 0.25) is 0 Å². The molecule has 0 aromatic heterocycles. The third-order valence-electron chi connectivity index (χ3n) is 6.17. The van der Waals surface area contributed by atoms with Gasteiger partial charge in [-0.25, -0.2) is 4.70 Å². The smallest absolute Gasteiger partial charge is 0.493 e. The van der Waals surface area contributed by atoms with Gasteiger partial charge in [-0.15, -0.1) is 0 Å². The van der Waals surface area contributed by atoms with Crippen molar-refractivity contribution in [1.82, 2.24) is 0 Å². The number of hydrogen-bond donors (Lipinski definition) is 0. The fraction of sp³-hybridized carbons (Fsp3) is 0.455. The standard InChI is InChI=1S/C29H38N2.2C2H5.Ni/c1-4-7-10-14-24-15-11-18-25(20-24)28-22-27(17-9-6-3)29(31(28)30)26-19-12-16-23(21-26)13-8-5-2;2*1-2;/h11-12,15-16,18-22H,4-10,13-14,17H2,1-3H3;2*1H2,2H3;/q;2*-1;+2. The van der Waals surface area contributed by atoms with E-state index in [1.165, 1.54) is 53.5 Å². The second-order valence-corrected chi connectivity index (χ2v) is 8.78. The molecule has 0 bridgehead atoms. The fourth-order valence-electron chi connectivity index (χ4n) is 4.34. The van der Waals surface area contributed by atoms with Gasteiger partial charge in [0.2, 0.25) is 11.4 Å². The molecule has 0 spiro atoms. The van der Waals surface area contributed by atoms with E-state index in [4.69, 9.17) is 0 Å². The molecule has 3 heteroatoms. The minimum atomic E-state index is 0. The minimum absolute atomic E-state index is 0. The first-order valence-corrected chi connectivity index (χ1v) is 13.7. The summed E-state index contributed by atoms with van der Waals surface area (Å²) in [6.07, 6.45) is 13.8. The zero-order valence-electron chi connectivity index (χ0n) is 23.4. The van der Waals surface area contributed by atoms with Crippen LogP contribution in [0, 0.1) is 13.8 Å². The van der Waals surface area contributed by atoms with Crippen molar-refractivity contribution in [2.75, 3.05) is 0 Å². The molecular weight excluding hydrogens is 483 g/mol. The molecule has 0 N–H and O–H groups in total. The van der Waals surface area contributed by atoms with E-state index in [0.717, 1.165) is 54.6 Å². The molecule has 1 aliphatic heterocycles. The molecule has 0 amide bonds. The van der Waals surface area contributed by atoms with Crippen molar-refractivity contribution in [3.05, 3.63) is 102 Å². The summed E-state index contributed by atoms with van der Waals surface area (Å²) in [5, 5.41) is 0. The van der Waals surface area contributed by atoms with Crippen LogP contribution in [0.4, 0.5) is 0 Å². The van der Waals surface area contributed by atoms with Gasteiger partial charge in [0.05, 0.1) is 0 Å². The first kappa shape index (κ1) is 34.0. The van der Waals surface area contributed by atoms with E-state index in [-0.39, 0.29) is 16.5 Å². The third-order valence-corrected chi connectivity index (χ3v) is 6.17. The van der Waals surface area contributed by atoms with Crippen molar-refractivity contribution >= 4 is 11.4 Å². The van der Waals surface area contributed by atoms with Gasteiger partial charge in [0, 0.05) is 22.8 Å². The molecule has 1 aliphatic rings. The van der Waals surface area contributed by atoms with Crippen LogP contribution in [0.3, 0.4) is 0 Å². The summed E-state index contributed by atoms with van der Waals surface area (Å²) in [6.45, 7) is 16.7. The van der Waals surface area contributed by atoms with Crippen LogP contribution in [0.1, 0.15) is 108 Å². The fourth-order valence-corrected chi connectivity index (χ4v) is 4.34. The Morgan fingerprint density at radius 2 is 1.17 bits per heavy atom.